The number of nitrogens with one attached hydrogen (secondary N) is 1. The molecule has 6 heteroatoms. The highest BCUT2D eigenvalue weighted by Gasteiger charge is 2.42. The number of nitrogens with zero attached hydrogens (tertiary/aromatic N) is 1. The molecule has 146 valence electrons. The van der Waals surface area contributed by atoms with E-state index in [0.29, 0.717) is 38.2 Å². The molecule has 0 aromatic heterocycles. The predicted octanol–water partition coefficient (Wildman–Crippen LogP) is 2.90. The number of likely N-dealkylation sites (N-methyl/N-ethyl adjacent to an activating group) is 1. The zero-order valence-electron chi connectivity index (χ0n) is 16.2. The number of amides is 2. The lowest BCUT2D eigenvalue weighted by atomic mass is 9.73. The molecule has 1 N–H and O–H groups in total. The summed E-state index contributed by atoms with van der Waals surface area (Å²) in [5.74, 6) is 0.787. The van der Waals surface area contributed by atoms with Crippen LogP contribution in [0.15, 0.2) is 42.5 Å². The first-order chi connectivity index (χ1) is 13.5. The van der Waals surface area contributed by atoms with Gasteiger partial charge in [0.2, 0.25) is 11.8 Å². The summed E-state index contributed by atoms with van der Waals surface area (Å²) in [5, 5.41) is 3.08. The number of ether oxygens (including phenoxy) is 2. The summed E-state index contributed by atoms with van der Waals surface area (Å²) in [6.45, 7) is 1.09. The van der Waals surface area contributed by atoms with Gasteiger partial charge in [0.05, 0.1) is 18.9 Å². The number of carbonyl (C=O) groups is 2. The molecule has 1 fully saturated rings. The minimum Gasteiger partial charge on any atom is -0.497 e. The van der Waals surface area contributed by atoms with Crippen LogP contribution in [-0.2, 0) is 26.2 Å². The summed E-state index contributed by atoms with van der Waals surface area (Å²) in [5.41, 5.74) is 2.88. The largest absolute Gasteiger partial charge is 0.497 e. The smallest absolute Gasteiger partial charge is 0.235 e. The third kappa shape index (κ3) is 3.14. The van der Waals surface area contributed by atoms with Gasteiger partial charge in [-0.15, -0.1) is 0 Å². The van der Waals surface area contributed by atoms with Gasteiger partial charge in [-0.05, 0) is 54.3 Å². The predicted molar refractivity (Wildman–Crippen MR) is 107 cm³/mol. The maximum atomic E-state index is 13.4. The molecule has 0 bridgehead atoms. The number of methoxy groups -OCH3 is 1. The molecule has 0 atom stereocenters. The fourth-order valence-corrected chi connectivity index (χ4v) is 4.08. The molecule has 2 aromatic carbocycles. The summed E-state index contributed by atoms with van der Waals surface area (Å²) in [7, 11) is 3.40. The van der Waals surface area contributed by atoms with Gasteiger partial charge >= 0.3 is 0 Å². The molecule has 2 aliphatic heterocycles. The Morgan fingerprint density at radius 2 is 1.86 bits per heavy atom. The fraction of sp³-hybridized carbons (Fsp3) is 0.364. The number of hydrogen-bond acceptors (Lipinski definition) is 4. The van der Waals surface area contributed by atoms with Gasteiger partial charge < -0.3 is 19.7 Å². The second-order valence-electron chi connectivity index (χ2n) is 7.35. The quantitative estimate of drug-likeness (QED) is 0.886. The normalized spacial score (nSPS) is 17.9. The molecule has 0 radical (unpaired) electrons. The molecular weight excluding hydrogens is 356 g/mol. The highest BCUT2D eigenvalue weighted by molar-refractivity contribution is 6.03. The molecular formula is C22H24N2O4. The second-order valence-corrected chi connectivity index (χ2v) is 7.35. The second kappa shape index (κ2) is 7.28. The average Bonchev–Trinajstić information content (AvgIpc) is 3.01. The summed E-state index contributed by atoms with van der Waals surface area (Å²) >= 11 is 0. The molecule has 0 saturated carbocycles. The first-order valence-electron chi connectivity index (χ1n) is 9.47. The van der Waals surface area contributed by atoms with E-state index in [4.69, 9.17) is 9.47 Å². The maximum absolute atomic E-state index is 13.4. The molecule has 1 saturated heterocycles. The Labute approximate surface area is 164 Å². The van der Waals surface area contributed by atoms with Crippen molar-refractivity contribution in [3.8, 4) is 5.75 Å². The van der Waals surface area contributed by atoms with Crippen LogP contribution >= 0.6 is 0 Å². The van der Waals surface area contributed by atoms with Crippen molar-refractivity contribution in [1.82, 2.24) is 0 Å². The highest BCUT2D eigenvalue weighted by atomic mass is 16.5. The lowest BCUT2D eigenvalue weighted by molar-refractivity contribution is -0.125. The van der Waals surface area contributed by atoms with Crippen molar-refractivity contribution in [2.75, 3.05) is 37.6 Å². The van der Waals surface area contributed by atoms with Crippen LogP contribution in [0.25, 0.3) is 0 Å². The Morgan fingerprint density at radius 1 is 1.14 bits per heavy atom. The van der Waals surface area contributed by atoms with E-state index >= 15 is 0 Å². The van der Waals surface area contributed by atoms with Crippen molar-refractivity contribution in [2.45, 2.75) is 24.7 Å². The van der Waals surface area contributed by atoms with Crippen LogP contribution in [0.5, 0.6) is 5.75 Å². The van der Waals surface area contributed by atoms with Gasteiger partial charge in [0.1, 0.15) is 5.75 Å². The van der Waals surface area contributed by atoms with E-state index in [1.807, 2.05) is 42.5 Å². The van der Waals surface area contributed by atoms with Crippen molar-refractivity contribution in [3.63, 3.8) is 0 Å². The summed E-state index contributed by atoms with van der Waals surface area (Å²) in [6, 6.07) is 13.3. The standard InChI is InChI=1S/C22H24N2O4/c1-24-19-8-5-17(13-15(19)14-20(24)25)23-21(26)22(9-11-28-12-10-22)16-3-6-18(27-2)7-4-16/h3-8,13H,9-12,14H2,1-2H3,(H,23,26). The van der Waals surface area contributed by atoms with Gasteiger partial charge in [0.25, 0.3) is 0 Å². The Kier molecular flexibility index (Phi) is 4.81. The lowest BCUT2D eigenvalue weighted by Crippen LogP contribution is -2.44. The Hall–Kier alpha value is -2.86. The minimum atomic E-state index is -0.643. The van der Waals surface area contributed by atoms with Crippen LogP contribution in [-0.4, -0.2) is 39.2 Å². The Morgan fingerprint density at radius 3 is 2.54 bits per heavy atom. The van der Waals surface area contributed by atoms with Crippen LogP contribution in [0.3, 0.4) is 0 Å². The van der Waals surface area contributed by atoms with Crippen molar-refractivity contribution >= 4 is 23.2 Å². The molecule has 0 aliphatic carbocycles. The molecule has 2 aromatic rings. The summed E-state index contributed by atoms with van der Waals surface area (Å²) in [4.78, 5) is 27.0. The molecule has 2 amide bonds. The van der Waals surface area contributed by atoms with Crippen LogP contribution in [0, 0.1) is 0 Å². The van der Waals surface area contributed by atoms with E-state index in [0.717, 1.165) is 22.6 Å². The lowest BCUT2D eigenvalue weighted by Gasteiger charge is -2.36. The van der Waals surface area contributed by atoms with Gasteiger partial charge in [-0.2, -0.15) is 0 Å². The van der Waals surface area contributed by atoms with E-state index in [2.05, 4.69) is 5.32 Å². The highest BCUT2D eigenvalue weighted by Crippen LogP contribution is 2.37. The van der Waals surface area contributed by atoms with Gasteiger partial charge in [-0.25, -0.2) is 0 Å². The Bertz CT molecular complexity index is 901. The number of anilines is 2. The molecule has 2 heterocycles. The van der Waals surface area contributed by atoms with Crippen molar-refractivity contribution in [1.29, 1.82) is 0 Å². The zero-order chi connectivity index (χ0) is 19.7. The van der Waals surface area contributed by atoms with Gasteiger partial charge in [-0.3, -0.25) is 9.59 Å². The van der Waals surface area contributed by atoms with E-state index in [-0.39, 0.29) is 11.8 Å². The summed E-state index contributed by atoms with van der Waals surface area (Å²) in [6.07, 6.45) is 1.61. The minimum absolute atomic E-state index is 0.0430. The van der Waals surface area contributed by atoms with Gasteiger partial charge in [0.15, 0.2) is 0 Å². The monoisotopic (exact) mass is 380 g/mol. The van der Waals surface area contributed by atoms with Crippen molar-refractivity contribution < 1.29 is 19.1 Å². The van der Waals surface area contributed by atoms with Crippen molar-refractivity contribution in [2.24, 2.45) is 0 Å². The molecule has 6 nitrogen and oxygen atoms in total. The molecule has 28 heavy (non-hydrogen) atoms. The molecule has 2 aliphatic rings. The molecule has 0 unspecified atom stereocenters. The third-order valence-corrected chi connectivity index (χ3v) is 5.84. The van der Waals surface area contributed by atoms with Gasteiger partial charge in [0, 0.05) is 31.6 Å². The fourth-order valence-electron chi connectivity index (χ4n) is 4.08. The third-order valence-electron chi connectivity index (χ3n) is 5.84. The van der Waals surface area contributed by atoms with E-state index in [1.165, 1.54) is 0 Å². The average molecular weight is 380 g/mol. The van der Waals surface area contributed by atoms with Crippen molar-refractivity contribution in [3.05, 3.63) is 53.6 Å². The first kappa shape index (κ1) is 18.5. The number of benzene rings is 2. The zero-order valence-corrected chi connectivity index (χ0v) is 16.2. The van der Waals surface area contributed by atoms with Crippen LogP contribution in [0.2, 0.25) is 0 Å². The SMILES string of the molecule is COc1ccc(C2(C(=O)Nc3ccc4c(c3)CC(=O)N4C)CCOCC2)cc1. The molecule has 4 rings (SSSR count). The number of hydrogen-bond donors (Lipinski definition) is 1. The number of carbonyl (C=O) groups excluding carboxylic acids is 2. The maximum Gasteiger partial charge on any atom is 0.235 e. The number of rotatable bonds is 4. The molecule has 0 spiro atoms. The Balaban J connectivity index is 1.62. The van der Waals surface area contributed by atoms with Crippen LogP contribution in [0.1, 0.15) is 24.0 Å². The van der Waals surface area contributed by atoms with E-state index < -0.39 is 5.41 Å². The summed E-state index contributed by atoms with van der Waals surface area (Å²) < 4.78 is 10.8. The van der Waals surface area contributed by atoms with Crippen LogP contribution < -0.4 is 15.0 Å². The van der Waals surface area contributed by atoms with Gasteiger partial charge in [-0.1, -0.05) is 12.1 Å². The van der Waals surface area contributed by atoms with E-state index in [1.54, 1.807) is 19.1 Å². The van der Waals surface area contributed by atoms with Crippen LogP contribution in [0.4, 0.5) is 11.4 Å². The number of fused-ring (bicyclic) bond motifs is 1. The van der Waals surface area contributed by atoms with E-state index in [9.17, 15) is 9.59 Å². The first-order valence-corrected chi connectivity index (χ1v) is 9.47. The topological polar surface area (TPSA) is 67.9 Å².